The van der Waals surface area contributed by atoms with Crippen LogP contribution < -0.4 is 0 Å². The lowest BCUT2D eigenvalue weighted by atomic mass is 10.1. The number of carboxylic acids is 2. The van der Waals surface area contributed by atoms with Crippen LogP contribution in [0, 0.1) is 0 Å². The van der Waals surface area contributed by atoms with E-state index in [4.69, 9.17) is 14.6 Å². The zero-order valence-electron chi connectivity index (χ0n) is 13.4. The summed E-state index contributed by atoms with van der Waals surface area (Å²) in [6.45, 7) is -0.725. The van der Waals surface area contributed by atoms with Crippen molar-refractivity contribution >= 4 is 40.9 Å². The minimum atomic E-state index is -1.31. The Morgan fingerprint density at radius 2 is 1.89 bits per heavy atom. The molecule has 0 saturated carbocycles. The third-order valence-corrected chi connectivity index (χ3v) is 4.49. The van der Waals surface area contributed by atoms with Crippen molar-refractivity contribution in [2.75, 3.05) is 6.54 Å². The molecule has 0 atom stereocenters. The lowest BCUT2D eigenvalue weighted by Crippen LogP contribution is -2.33. The highest BCUT2D eigenvalue weighted by molar-refractivity contribution is 8.18. The van der Waals surface area contributed by atoms with E-state index in [-0.39, 0.29) is 27.7 Å². The topological polar surface area (TPSA) is 145 Å². The molecule has 1 aromatic heterocycles. The Balaban J connectivity index is 1.87. The van der Waals surface area contributed by atoms with Gasteiger partial charge in [-0.1, -0.05) is 0 Å². The molecule has 1 fully saturated rings. The first kappa shape index (κ1) is 18.3. The van der Waals surface area contributed by atoms with Crippen LogP contribution in [0.3, 0.4) is 0 Å². The number of rotatable bonds is 5. The summed E-state index contributed by atoms with van der Waals surface area (Å²) < 4.78 is 5.54. The van der Waals surface area contributed by atoms with E-state index >= 15 is 0 Å². The van der Waals surface area contributed by atoms with Crippen LogP contribution in [0.1, 0.15) is 16.1 Å². The van der Waals surface area contributed by atoms with Crippen LogP contribution in [-0.2, 0) is 9.59 Å². The monoisotopic (exact) mass is 389 g/mol. The smallest absolute Gasteiger partial charge is 0.339 e. The Hall–Kier alpha value is -3.53. The first-order valence-electron chi connectivity index (χ1n) is 7.40. The Morgan fingerprint density at radius 1 is 1.15 bits per heavy atom. The van der Waals surface area contributed by atoms with Gasteiger partial charge in [0.25, 0.3) is 11.1 Å². The van der Waals surface area contributed by atoms with Crippen molar-refractivity contribution in [2.45, 2.75) is 0 Å². The number of amides is 2. The second-order valence-electron chi connectivity index (χ2n) is 5.40. The first-order valence-corrected chi connectivity index (χ1v) is 8.21. The maximum atomic E-state index is 12.1. The van der Waals surface area contributed by atoms with Gasteiger partial charge in [0, 0.05) is 11.6 Å². The quantitative estimate of drug-likeness (QED) is 0.656. The summed E-state index contributed by atoms with van der Waals surface area (Å²) >= 11 is 0.596. The van der Waals surface area contributed by atoms with E-state index in [1.807, 2.05) is 0 Å². The van der Waals surface area contributed by atoms with Gasteiger partial charge in [0.05, 0.1) is 4.91 Å². The van der Waals surface area contributed by atoms with Gasteiger partial charge in [-0.2, -0.15) is 0 Å². The Morgan fingerprint density at radius 3 is 2.56 bits per heavy atom. The number of nitrogens with zero attached hydrogens (tertiary/aromatic N) is 1. The van der Waals surface area contributed by atoms with Gasteiger partial charge < -0.3 is 19.7 Å². The molecule has 1 aliphatic heterocycles. The average molecular weight is 389 g/mol. The zero-order chi connectivity index (χ0) is 19.7. The Kier molecular flexibility index (Phi) is 4.74. The summed E-state index contributed by atoms with van der Waals surface area (Å²) in [6.07, 6.45) is 1.30. The third kappa shape index (κ3) is 3.70. The number of imide groups is 1. The number of aromatic carboxylic acids is 1. The maximum Gasteiger partial charge on any atom is 0.339 e. The Bertz CT molecular complexity index is 1010. The number of hydrogen-bond donors (Lipinski definition) is 3. The SMILES string of the molecule is O=C(O)CN1C(=O)S/C(=C\c2ccc(-c3ccc(O)c(C(=O)O)c3)o2)C1=O. The van der Waals surface area contributed by atoms with E-state index < -0.39 is 29.6 Å². The number of carboxylic acid groups (broad SMARTS) is 2. The summed E-state index contributed by atoms with van der Waals surface area (Å²) in [5, 5.41) is 26.7. The molecule has 138 valence electrons. The predicted octanol–water partition coefficient (Wildman–Crippen LogP) is 2.47. The van der Waals surface area contributed by atoms with Gasteiger partial charge in [0.15, 0.2) is 0 Å². The second-order valence-corrected chi connectivity index (χ2v) is 6.39. The Labute approximate surface area is 155 Å². The van der Waals surface area contributed by atoms with Crippen LogP contribution in [0.2, 0.25) is 0 Å². The highest BCUT2D eigenvalue weighted by Gasteiger charge is 2.36. The number of phenols is 1. The van der Waals surface area contributed by atoms with Crippen molar-refractivity contribution in [1.29, 1.82) is 0 Å². The summed E-state index contributed by atoms with van der Waals surface area (Å²) in [6, 6.07) is 6.96. The number of aromatic hydroxyl groups is 1. The van der Waals surface area contributed by atoms with Crippen LogP contribution in [-0.4, -0.2) is 49.8 Å². The number of benzene rings is 1. The minimum Gasteiger partial charge on any atom is -0.507 e. The molecule has 9 nitrogen and oxygen atoms in total. The molecule has 1 saturated heterocycles. The summed E-state index contributed by atoms with van der Waals surface area (Å²) in [5.74, 6) is -3.22. The minimum absolute atomic E-state index is 0.0130. The molecule has 0 radical (unpaired) electrons. The molecule has 3 N–H and O–H groups in total. The normalized spacial score (nSPS) is 15.6. The zero-order valence-corrected chi connectivity index (χ0v) is 14.2. The van der Waals surface area contributed by atoms with E-state index in [9.17, 15) is 24.3 Å². The van der Waals surface area contributed by atoms with E-state index in [0.717, 1.165) is 0 Å². The van der Waals surface area contributed by atoms with Crippen LogP contribution in [0.15, 0.2) is 39.7 Å². The number of carbonyl (C=O) groups is 4. The fraction of sp³-hybridized carbons (Fsp3) is 0.0588. The van der Waals surface area contributed by atoms with Crippen molar-refractivity contribution in [3.05, 3.63) is 46.6 Å². The molecule has 0 bridgehead atoms. The lowest BCUT2D eigenvalue weighted by molar-refractivity contribution is -0.140. The molecule has 10 heteroatoms. The van der Waals surface area contributed by atoms with Gasteiger partial charge in [-0.15, -0.1) is 0 Å². The molecule has 1 aliphatic rings. The van der Waals surface area contributed by atoms with Crippen molar-refractivity contribution in [1.82, 2.24) is 4.90 Å². The van der Waals surface area contributed by atoms with Gasteiger partial charge >= 0.3 is 11.9 Å². The molecule has 0 aliphatic carbocycles. The highest BCUT2D eigenvalue weighted by Crippen LogP contribution is 2.33. The fourth-order valence-corrected chi connectivity index (χ4v) is 3.17. The number of carbonyl (C=O) groups excluding carboxylic acids is 2. The van der Waals surface area contributed by atoms with Crippen LogP contribution >= 0.6 is 11.8 Å². The largest absolute Gasteiger partial charge is 0.507 e. The van der Waals surface area contributed by atoms with E-state index in [1.165, 1.54) is 36.4 Å². The van der Waals surface area contributed by atoms with Crippen LogP contribution in [0.4, 0.5) is 4.79 Å². The molecule has 1 aromatic carbocycles. The predicted molar refractivity (Wildman–Crippen MR) is 93.1 cm³/mol. The molecule has 27 heavy (non-hydrogen) atoms. The van der Waals surface area contributed by atoms with E-state index in [1.54, 1.807) is 0 Å². The first-order chi connectivity index (χ1) is 12.8. The summed E-state index contributed by atoms with van der Waals surface area (Å²) in [5.41, 5.74) is 0.101. The molecule has 0 spiro atoms. The molecule has 2 heterocycles. The van der Waals surface area contributed by atoms with E-state index in [0.29, 0.717) is 22.2 Å². The molecule has 2 aromatic rings. The van der Waals surface area contributed by atoms with Gasteiger partial charge in [0.1, 0.15) is 29.4 Å². The number of thioether (sulfide) groups is 1. The van der Waals surface area contributed by atoms with Crippen molar-refractivity contribution in [2.24, 2.45) is 0 Å². The van der Waals surface area contributed by atoms with Gasteiger partial charge in [0.2, 0.25) is 0 Å². The average Bonchev–Trinajstić information content (AvgIpc) is 3.15. The molecular weight excluding hydrogens is 378 g/mol. The summed E-state index contributed by atoms with van der Waals surface area (Å²) in [4.78, 5) is 46.3. The van der Waals surface area contributed by atoms with Crippen molar-refractivity contribution < 1.29 is 38.9 Å². The molecular formula is C17H11NO8S. The number of aliphatic carboxylic acids is 1. The highest BCUT2D eigenvalue weighted by atomic mass is 32.2. The van der Waals surface area contributed by atoms with Crippen molar-refractivity contribution in [3.8, 4) is 17.1 Å². The third-order valence-electron chi connectivity index (χ3n) is 3.58. The number of hydrogen-bond acceptors (Lipinski definition) is 7. The van der Waals surface area contributed by atoms with Crippen LogP contribution in [0.5, 0.6) is 5.75 Å². The molecule has 0 unspecified atom stereocenters. The second kappa shape index (κ2) is 7.00. The fourth-order valence-electron chi connectivity index (χ4n) is 2.35. The van der Waals surface area contributed by atoms with Gasteiger partial charge in [-0.25, -0.2) is 4.79 Å². The van der Waals surface area contributed by atoms with E-state index in [2.05, 4.69) is 0 Å². The molecule has 3 rings (SSSR count). The van der Waals surface area contributed by atoms with Gasteiger partial charge in [-0.05, 0) is 42.1 Å². The maximum absolute atomic E-state index is 12.1. The number of furan rings is 1. The lowest BCUT2D eigenvalue weighted by Gasteiger charge is -2.07. The molecule has 2 amide bonds. The van der Waals surface area contributed by atoms with Gasteiger partial charge in [-0.3, -0.25) is 19.3 Å². The van der Waals surface area contributed by atoms with Crippen LogP contribution in [0.25, 0.3) is 17.4 Å². The standard InChI is InChI=1S/C17H11NO8S/c19-11-3-1-8(5-10(11)16(23)24)12-4-2-9(26-12)6-13-15(22)18(7-14(20)21)17(25)27-13/h1-6,19H,7H2,(H,20,21)(H,23,24)/b13-6-. The summed E-state index contributed by atoms with van der Waals surface area (Å²) in [7, 11) is 0. The van der Waals surface area contributed by atoms with Crippen molar-refractivity contribution in [3.63, 3.8) is 0 Å².